The smallest absolute Gasteiger partial charge is 0.316 e. The van der Waals surface area contributed by atoms with Crippen molar-refractivity contribution in [2.24, 2.45) is 5.92 Å². The highest BCUT2D eigenvalue weighted by Crippen LogP contribution is 2.13. The Balaban J connectivity index is 2.64. The molecule has 1 fully saturated rings. The highest BCUT2D eigenvalue weighted by Gasteiger charge is 2.28. The van der Waals surface area contributed by atoms with E-state index in [4.69, 9.17) is 0 Å². The van der Waals surface area contributed by atoms with Crippen molar-refractivity contribution in [2.75, 3.05) is 0 Å². The summed E-state index contributed by atoms with van der Waals surface area (Å²) in [6.45, 7) is 1.67. The van der Waals surface area contributed by atoms with E-state index in [9.17, 15) is 9.59 Å². The summed E-state index contributed by atoms with van der Waals surface area (Å²) in [4.78, 5) is 20.6. The van der Waals surface area contributed by atoms with E-state index in [1.165, 1.54) is 0 Å². The van der Waals surface area contributed by atoms with Gasteiger partial charge in [0.15, 0.2) is 0 Å². The lowest BCUT2D eigenvalue weighted by atomic mass is 10.2. The quantitative estimate of drug-likeness (QED) is 0.255. The summed E-state index contributed by atoms with van der Waals surface area (Å²) < 4.78 is 4.20. The van der Waals surface area contributed by atoms with Crippen molar-refractivity contribution in [1.82, 2.24) is 0 Å². The van der Waals surface area contributed by atoms with E-state index in [0.717, 1.165) is 0 Å². The largest absolute Gasteiger partial charge is 0.393 e. The Morgan fingerprint density at radius 2 is 2.25 bits per heavy atom. The topological polar surface area (TPSA) is 43.4 Å². The summed E-state index contributed by atoms with van der Waals surface area (Å²) in [6, 6.07) is 0. The molecular weight excluding hydrogens is 109 g/mol. The van der Waals surface area contributed by atoms with Crippen LogP contribution in [0.4, 0.5) is 0 Å². The van der Waals surface area contributed by atoms with Gasteiger partial charge in [-0.1, -0.05) is 6.92 Å². The minimum Gasteiger partial charge on any atom is -0.393 e. The van der Waals surface area contributed by atoms with E-state index in [2.05, 4.69) is 4.74 Å². The number of carbonyl (C=O) groups is 2. The Bertz CT molecular complexity index is 139. The number of rotatable bonds is 0. The minimum absolute atomic E-state index is 0.220. The highest BCUT2D eigenvalue weighted by atomic mass is 16.7. The number of hydrogen-bond donors (Lipinski definition) is 0. The summed E-state index contributed by atoms with van der Waals surface area (Å²) >= 11 is 0. The van der Waals surface area contributed by atoms with E-state index >= 15 is 0 Å². The first kappa shape index (κ1) is 5.28. The predicted molar refractivity (Wildman–Crippen MR) is 24.9 cm³/mol. The second-order valence-corrected chi connectivity index (χ2v) is 1.90. The van der Waals surface area contributed by atoms with Crippen LogP contribution in [0.5, 0.6) is 0 Å². The number of esters is 2. The molecule has 0 bridgehead atoms. The van der Waals surface area contributed by atoms with Gasteiger partial charge in [0.2, 0.25) is 0 Å². The zero-order chi connectivity index (χ0) is 6.15. The molecule has 0 saturated carbocycles. The molecule has 44 valence electrons. The lowest BCUT2D eigenvalue weighted by molar-refractivity contribution is -0.152. The average Bonchev–Trinajstić information content (AvgIpc) is 1.85. The Kier molecular flexibility index (Phi) is 1.04. The first-order chi connectivity index (χ1) is 3.70. The zero-order valence-corrected chi connectivity index (χ0v) is 4.51. The lowest BCUT2D eigenvalue weighted by Crippen LogP contribution is -2.01. The van der Waals surface area contributed by atoms with E-state index in [1.807, 2.05) is 0 Å². The molecule has 0 aromatic carbocycles. The number of ether oxygens (including phenoxy) is 1. The van der Waals surface area contributed by atoms with Crippen LogP contribution in [0, 0.1) is 5.92 Å². The fraction of sp³-hybridized carbons (Fsp3) is 0.600. The normalized spacial score (nSPS) is 28.4. The molecule has 8 heavy (non-hydrogen) atoms. The highest BCUT2D eigenvalue weighted by molar-refractivity contribution is 5.94. The van der Waals surface area contributed by atoms with E-state index in [-0.39, 0.29) is 12.3 Å². The first-order valence-corrected chi connectivity index (χ1v) is 2.44. The molecule has 0 aromatic rings. The van der Waals surface area contributed by atoms with E-state index in [0.29, 0.717) is 0 Å². The zero-order valence-electron chi connectivity index (χ0n) is 4.51. The SMILES string of the molecule is CC1C[13C](=O)OC1=O. The van der Waals surface area contributed by atoms with Gasteiger partial charge in [0, 0.05) is 0 Å². The second kappa shape index (κ2) is 1.58. The molecule has 1 rings (SSSR count). The molecule has 1 aliphatic heterocycles. The van der Waals surface area contributed by atoms with Crippen LogP contribution >= 0.6 is 0 Å². The Morgan fingerprint density at radius 3 is 2.38 bits per heavy atom. The molecule has 0 amide bonds. The van der Waals surface area contributed by atoms with Crippen molar-refractivity contribution in [3.8, 4) is 0 Å². The fourth-order valence-electron chi connectivity index (χ4n) is 0.588. The molecule has 0 radical (unpaired) electrons. The summed E-state index contributed by atoms with van der Waals surface area (Å²) in [6.07, 6.45) is 0.249. The van der Waals surface area contributed by atoms with Crippen LogP contribution in [-0.2, 0) is 14.3 Å². The monoisotopic (exact) mass is 115 g/mol. The molecule has 1 saturated heterocycles. The third-order valence-electron chi connectivity index (χ3n) is 1.09. The Morgan fingerprint density at radius 1 is 1.62 bits per heavy atom. The van der Waals surface area contributed by atoms with Crippen molar-refractivity contribution in [3.63, 3.8) is 0 Å². The maximum Gasteiger partial charge on any atom is 0.316 e. The maximum absolute atomic E-state index is 10.3. The van der Waals surface area contributed by atoms with Gasteiger partial charge in [-0.25, -0.2) is 0 Å². The van der Waals surface area contributed by atoms with Crippen molar-refractivity contribution in [3.05, 3.63) is 0 Å². The van der Waals surface area contributed by atoms with E-state index < -0.39 is 11.9 Å². The summed E-state index contributed by atoms with van der Waals surface area (Å²) in [5, 5.41) is 0. The van der Waals surface area contributed by atoms with Gasteiger partial charge >= 0.3 is 11.9 Å². The van der Waals surface area contributed by atoms with Gasteiger partial charge in [-0.3, -0.25) is 9.59 Å². The number of carbonyl (C=O) groups excluding carboxylic acids is 2. The van der Waals surface area contributed by atoms with Crippen LogP contribution in [0.1, 0.15) is 13.3 Å². The lowest BCUT2D eigenvalue weighted by Gasteiger charge is -1.86. The van der Waals surface area contributed by atoms with Gasteiger partial charge in [-0.05, 0) is 0 Å². The standard InChI is InChI=1S/C5H6O3/c1-3-2-4(6)8-5(3)7/h3H,2H2,1H3/i4+1. The van der Waals surface area contributed by atoms with Gasteiger partial charge < -0.3 is 4.74 Å². The molecule has 1 unspecified atom stereocenters. The van der Waals surface area contributed by atoms with Crippen molar-refractivity contribution in [2.45, 2.75) is 13.3 Å². The molecule has 0 spiro atoms. The van der Waals surface area contributed by atoms with Gasteiger partial charge in [-0.15, -0.1) is 0 Å². The maximum atomic E-state index is 10.3. The first-order valence-electron chi connectivity index (χ1n) is 2.44. The molecule has 0 aliphatic carbocycles. The third-order valence-corrected chi connectivity index (χ3v) is 1.09. The molecule has 0 aromatic heterocycles. The van der Waals surface area contributed by atoms with Crippen LogP contribution < -0.4 is 0 Å². The summed E-state index contributed by atoms with van der Waals surface area (Å²) in [5.41, 5.74) is 0. The van der Waals surface area contributed by atoms with Crippen LogP contribution in [0.25, 0.3) is 0 Å². The number of hydrogen-bond acceptors (Lipinski definition) is 3. The van der Waals surface area contributed by atoms with Gasteiger partial charge in [-0.2, -0.15) is 0 Å². The molecule has 3 heteroatoms. The van der Waals surface area contributed by atoms with Crippen molar-refractivity contribution < 1.29 is 14.3 Å². The third kappa shape index (κ3) is 0.710. The van der Waals surface area contributed by atoms with Gasteiger partial charge in [0.1, 0.15) is 0 Å². The fourth-order valence-corrected chi connectivity index (χ4v) is 0.588. The summed E-state index contributed by atoms with van der Waals surface area (Å²) in [7, 11) is 0. The van der Waals surface area contributed by atoms with Crippen LogP contribution in [0.2, 0.25) is 0 Å². The van der Waals surface area contributed by atoms with Crippen molar-refractivity contribution >= 4 is 11.9 Å². The molecule has 1 aliphatic rings. The van der Waals surface area contributed by atoms with Crippen molar-refractivity contribution in [1.29, 1.82) is 0 Å². The average molecular weight is 115 g/mol. The molecule has 1 atom stereocenters. The molecule has 1 heterocycles. The Hall–Kier alpha value is -0.860. The van der Waals surface area contributed by atoms with Gasteiger partial charge in [0.25, 0.3) is 0 Å². The molecule has 0 N–H and O–H groups in total. The van der Waals surface area contributed by atoms with Gasteiger partial charge in [0.05, 0.1) is 12.3 Å². The predicted octanol–water partition coefficient (Wildman–Crippen LogP) is 0.0960. The van der Waals surface area contributed by atoms with E-state index in [1.54, 1.807) is 6.92 Å². The van der Waals surface area contributed by atoms with Crippen LogP contribution in [-0.4, -0.2) is 11.9 Å². The summed E-state index contributed by atoms with van der Waals surface area (Å²) in [5.74, 6) is -1.01. The number of cyclic esters (lactones) is 2. The molecule has 3 nitrogen and oxygen atoms in total. The van der Waals surface area contributed by atoms with Crippen LogP contribution in [0.15, 0.2) is 0 Å². The Labute approximate surface area is 46.6 Å². The van der Waals surface area contributed by atoms with Crippen LogP contribution in [0.3, 0.4) is 0 Å². The minimum atomic E-state index is -0.400. The molecular formula is C5H6O3. The second-order valence-electron chi connectivity index (χ2n) is 1.90.